The molecule has 0 fully saturated rings. The second kappa shape index (κ2) is 14.8. The zero-order valence-electron chi connectivity index (χ0n) is 27.4. The molecule has 0 aliphatic carbocycles. The molecule has 0 atom stereocenters. The van der Waals surface area contributed by atoms with Crippen LogP contribution in [0.4, 0.5) is 0 Å². The van der Waals surface area contributed by atoms with Crippen LogP contribution in [0, 0.1) is 0 Å². The second-order valence-electron chi connectivity index (χ2n) is 12.4. The Morgan fingerprint density at radius 1 is 0.638 bits per heavy atom. The third-order valence-corrected chi connectivity index (χ3v) is 6.14. The maximum absolute atomic E-state index is 12.5. The van der Waals surface area contributed by atoms with Gasteiger partial charge in [-0.2, -0.15) is 10.2 Å². The van der Waals surface area contributed by atoms with Gasteiger partial charge in [0.15, 0.2) is 0 Å². The molecule has 0 aliphatic rings. The van der Waals surface area contributed by atoms with Gasteiger partial charge in [-0.15, -0.1) is 0 Å². The maximum atomic E-state index is 12.5. The highest BCUT2D eigenvalue weighted by Gasteiger charge is 2.21. The third-order valence-electron chi connectivity index (χ3n) is 6.14. The Labute approximate surface area is 269 Å². The summed E-state index contributed by atoms with van der Waals surface area (Å²) in [6, 6.07) is 13.4. The van der Waals surface area contributed by atoms with Gasteiger partial charge in [0, 0.05) is 10.8 Å². The Morgan fingerprint density at radius 3 is 1.34 bits per heavy atom. The molecule has 4 rings (SSSR count). The van der Waals surface area contributed by atoms with Crippen LogP contribution < -0.4 is 11.1 Å². The van der Waals surface area contributed by atoms with Crippen LogP contribution in [0.2, 0.25) is 0 Å². The summed E-state index contributed by atoms with van der Waals surface area (Å²) in [6.07, 6.45) is -0.430. The minimum Gasteiger partial charge on any atom is -0.481 e. The number of esters is 3. The third kappa shape index (κ3) is 10.3. The van der Waals surface area contributed by atoms with Crippen molar-refractivity contribution in [2.45, 2.75) is 78.7 Å². The lowest BCUT2D eigenvalue weighted by molar-refractivity contribution is -0.157. The van der Waals surface area contributed by atoms with Gasteiger partial charge in [0.2, 0.25) is 0 Å². The number of methoxy groups -OCH3 is 1. The summed E-state index contributed by atoms with van der Waals surface area (Å²) < 4.78 is 17.0. The van der Waals surface area contributed by atoms with E-state index in [0.29, 0.717) is 27.2 Å². The average molecular weight is 651 g/mol. The van der Waals surface area contributed by atoms with Gasteiger partial charge in [-0.1, -0.05) is 36.4 Å². The fourth-order valence-electron chi connectivity index (χ4n) is 4.43. The molecule has 2 aromatic carbocycles. The molecule has 1 N–H and O–H groups in total. The van der Waals surface area contributed by atoms with E-state index in [0.717, 1.165) is 9.36 Å². The highest BCUT2D eigenvalue weighted by molar-refractivity contribution is 5.88. The molecule has 0 radical (unpaired) electrons. The Morgan fingerprint density at radius 2 is 1.00 bits per heavy atom. The fraction of sp³-hybridized carbons (Fsp3) is 0.394. The predicted octanol–water partition coefficient (Wildman–Crippen LogP) is 2.82. The van der Waals surface area contributed by atoms with E-state index in [1.165, 1.54) is 7.11 Å². The highest BCUT2D eigenvalue weighted by Crippen LogP contribution is 2.16. The molecule has 0 saturated carbocycles. The first kappa shape index (κ1) is 36.1. The lowest BCUT2D eigenvalue weighted by atomic mass is 10.1. The van der Waals surface area contributed by atoms with E-state index in [9.17, 15) is 28.8 Å². The smallest absolute Gasteiger partial charge is 0.328 e. The van der Waals surface area contributed by atoms with E-state index >= 15 is 0 Å². The van der Waals surface area contributed by atoms with Crippen molar-refractivity contribution in [1.29, 1.82) is 0 Å². The average Bonchev–Trinajstić information content (AvgIpc) is 2.96. The largest absolute Gasteiger partial charge is 0.481 e. The first-order chi connectivity index (χ1) is 21.9. The maximum Gasteiger partial charge on any atom is 0.328 e. The Balaban J connectivity index is 0.000000256. The molecule has 2 aromatic heterocycles. The van der Waals surface area contributed by atoms with E-state index in [2.05, 4.69) is 14.9 Å². The van der Waals surface area contributed by atoms with Gasteiger partial charge in [-0.25, -0.2) is 9.36 Å². The molecule has 0 bridgehead atoms. The summed E-state index contributed by atoms with van der Waals surface area (Å²) in [4.78, 5) is 71.4. The molecule has 0 aliphatic heterocycles. The molecular weight excluding hydrogens is 612 g/mol. The van der Waals surface area contributed by atoms with Gasteiger partial charge < -0.3 is 19.3 Å². The van der Waals surface area contributed by atoms with Crippen molar-refractivity contribution < 1.29 is 38.5 Å². The predicted molar refractivity (Wildman–Crippen MR) is 171 cm³/mol. The summed E-state index contributed by atoms with van der Waals surface area (Å²) in [5.74, 6) is -2.72. The summed E-state index contributed by atoms with van der Waals surface area (Å²) in [7, 11) is 1.28. The van der Waals surface area contributed by atoms with Crippen LogP contribution in [0.15, 0.2) is 58.1 Å². The molecular formula is C33H38N4O10. The van der Waals surface area contributed by atoms with Crippen LogP contribution in [-0.4, -0.2) is 66.9 Å². The second-order valence-corrected chi connectivity index (χ2v) is 12.4. The van der Waals surface area contributed by atoms with Gasteiger partial charge in [-0.05, 0) is 53.7 Å². The van der Waals surface area contributed by atoms with Gasteiger partial charge in [-0.3, -0.25) is 28.8 Å². The number of benzene rings is 2. The van der Waals surface area contributed by atoms with Crippen molar-refractivity contribution in [3.63, 3.8) is 0 Å². The number of aromatic nitrogens is 4. The van der Waals surface area contributed by atoms with Crippen LogP contribution in [0.5, 0.6) is 0 Å². The summed E-state index contributed by atoms with van der Waals surface area (Å²) in [5.41, 5.74) is -1.60. The SMILES string of the molecule is CC(C)(C)OC(=O)Cn1nc(CC(=O)O)c2ccccc2c1=O.COC(=O)Cc1nn(CC(=O)OC(C)(C)C)c(=O)c2ccccc12. The van der Waals surface area contributed by atoms with Crippen LogP contribution in [0.1, 0.15) is 52.9 Å². The number of hydrogen-bond donors (Lipinski definition) is 1. The lowest BCUT2D eigenvalue weighted by Crippen LogP contribution is -2.32. The first-order valence-corrected chi connectivity index (χ1v) is 14.6. The van der Waals surface area contributed by atoms with E-state index in [4.69, 9.17) is 14.6 Å². The normalized spacial score (nSPS) is 11.4. The monoisotopic (exact) mass is 650 g/mol. The quantitative estimate of drug-likeness (QED) is 0.217. The van der Waals surface area contributed by atoms with E-state index in [1.807, 2.05) is 0 Å². The number of nitrogens with zero attached hydrogens (tertiary/aromatic N) is 4. The summed E-state index contributed by atoms with van der Waals surface area (Å²) in [5, 5.41) is 18.9. The van der Waals surface area contributed by atoms with Gasteiger partial charge in [0.1, 0.15) is 24.3 Å². The Hall–Kier alpha value is -5.40. The summed E-state index contributed by atoms with van der Waals surface area (Å²) in [6.45, 7) is 9.69. The number of ether oxygens (including phenoxy) is 3. The van der Waals surface area contributed by atoms with E-state index in [-0.39, 0.29) is 31.6 Å². The molecule has 14 heteroatoms. The van der Waals surface area contributed by atoms with Gasteiger partial charge in [0.05, 0.1) is 42.1 Å². The topological polar surface area (TPSA) is 186 Å². The molecule has 4 aromatic rings. The van der Waals surface area contributed by atoms with Crippen molar-refractivity contribution in [2.75, 3.05) is 7.11 Å². The van der Waals surface area contributed by atoms with Crippen LogP contribution in [0.3, 0.4) is 0 Å². The van der Waals surface area contributed by atoms with Gasteiger partial charge >= 0.3 is 23.9 Å². The number of hydrogen-bond acceptors (Lipinski definition) is 11. The molecule has 14 nitrogen and oxygen atoms in total. The van der Waals surface area contributed by atoms with Crippen LogP contribution >= 0.6 is 0 Å². The molecule has 0 amide bonds. The van der Waals surface area contributed by atoms with E-state index in [1.54, 1.807) is 90.1 Å². The molecule has 250 valence electrons. The minimum atomic E-state index is -1.06. The van der Waals surface area contributed by atoms with Crippen molar-refractivity contribution in [2.24, 2.45) is 0 Å². The molecule has 2 heterocycles. The summed E-state index contributed by atoms with van der Waals surface area (Å²) >= 11 is 0. The lowest BCUT2D eigenvalue weighted by Gasteiger charge is -2.19. The Kier molecular flexibility index (Phi) is 11.4. The van der Waals surface area contributed by atoms with Crippen LogP contribution in [0.25, 0.3) is 21.5 Å². The van der Waals surface area contributed by atoms with E-state index < -0.39 is 46.2 Å². The van der Waals surface area contributed by atoms with Crippen molar-refractivity contribution >= 4 is 45.4 Å². The minimum absolute atomic E-state index is 0.0917. The van der Waals surface area contributed by atoms with Crippen LogP contribution in [-0.2, 0) is 59.3 Å². The van der Waals surface area contributed by atoms with Crippen molar-refractivity contribution in [1.82, 2.24) is 19.6 Å². The van der Waals surface area contributed by atoms with Crippen molar-refractivity contribution in [3.05, 3.63) is 80.6 Å². The number of carboxylic acids is 1. The van der Waals surface area contributed by atoms with Crippen molar-refractivity contribution in [3.8, 4) is 0 Å². The number of rotatable bonds is 8. The fourth-order valence-corrected chi connectivity index (χ4v) is 4.43. The highest BCUT2D eigenvalue weighted by atomic mass is 16.6. The number of fused-ring (bicyclic) bond motifs is 2. The molecule has 0 spiro atoms. The molecule has 0 unspecified atom stereocenters. The number of aliphatic carboxylic acids is 1. The Bertz CT molecular complexity index is 1930. The zero-order chi connectivity index (χ0) is 35.1. The number of carbonyl (C=O) groups excluding carboxylic acids is 3. The molecule has 47 heavy (non-hydrogen) atoms. The first-order valence-electron chi connectivity index (χ1n) is 14.6. The van der Waals surface area contributed by atoms with Gasteiger partial charge in [0.25, 0.3) is 11.1 Å². The number of carboxylic acid groups (broad SMARTS) is 1. The zero-order valence-corrected chi connectivity index (χ0v) is 27.4. The standard InChI is InChI=1S/C17H20N2O5.C16H18N2O5/c1-17(2,3)24-15(21)10-19-16(22)12-8-6-5-7-11(12)13(18-19)9-14(20)23-4;1-16(2,3)23-14(21)9-18-15(22)11-7-5-4-6-10(11)12(17-18)8-13(19)20/h5-8H,9-10H2,1-4H3;4-7H,8-9H2,1-3H3,(H,19,20). The number of carbonyl (C=O) groups is 4. The molecule has 0 saturated heterocycles.